The Labute approximate surface area is 100 Å². The van der Waals surface area contributed by atoms with Crippen LogP contribution in [0, 0.1) is 0 Å². The number of carbonyl (C=O) groups is 1. The summed E-state index contributed by atoms with van der Waals surface area (Å²) >= 11 is 0. The number of benzene rings is 1. The first-order valence-corrected chi connectivity index (χ1v) is 5.91. The predicted octanol–water partition coefficient (Wildman–Crippen LogP) is 2.44. The van der Waals surface area contributed by atoms with E-state index in [1.165, 1.54) is 12.5 Å². The number of para-hydroxylation sites is 1. The van der Waals surface area contributed by atoms with E-state index in [4.69, 9.17) is 0 Å². The van der Waals surface area contributed by atoms with Crippen molar-refractivity contribution >= 4 is 11.6 Å². The van der Waals surface area contributed by atoms with Crippen molar-refractivity contribution in [3.8, 4) is 5.75 Å². The van der Waals surface area contributed by atoms with Crippen molar-refractivity contribution in [2.75, 3.05) is 0 Å². The minimum Gasteiger partial charge on any atom is -0.507 e. The summed E-state index contributed by atoms with van der Waals surface area (Å²) in [5.74, 6) is -0.380. The van der Waals surface area contributed by atoms with Crippen LogP contribution < -0.4 is 5.43 Å². The Morgan fingerprint density at radius 3 is 2.59 bits per heavy atom. The molecule has 1 fully saturated rings. The molecule has 1 aromatic rings. The Kier molecular flexibility index (Phi) is 3.75. The van der Waals surface area contributed by atoms with Gasteiger partial charge < -0.3 is 5.11 Å². The maximum Gasteiger partial charge on any atom is 0.275 e. The standard InChI is InChI=1S/C13H16N2O2/c16-12-9-5-4-8-11(12)13(17)15-14-10-6-2-1-3-7-10/h4-5,8-9,16H,1-3,6-7H2,(H,15,17). The van der Waals surface area contributed by atoms with Gasteiger partial charge in [-0.3, -0.25) is 4.79 Å². The molecule has 90 valence electrons. The lowest BCUT2D eigenvalue weighted by molar-refractivity contribution is 0.0952. The summed E-state index contributed by atoms with van der Waals surface area (Å²) in [5, 5.41) is 13.6. The molecule has 0 radical (unpaired) electrons. The van der Waals surface area contributed by atoms with E-state index in [-0.39, 0.29) is 17.2 Å². The minimum atomic E-state index is -0.360. The summed E-state index contributed by atoms with van der Waals surface area (Å²) in [6.07, 6.45) is 5.45. The van der Waals surface area contributed by atoms with E-state index in [2.05, 4.69) is 10.5 Å². The zero-order chi connectivity index (χ0) is 12.1. The molecule has 2 rings (SSSR count). The molecule has 0 atom stereocenters. The van der Waals surface area contributed by atoms with E-state index in [1.807, 2.05) is 0 Å². The van der Waals surface area contributed by atoms with Crippen molar-refractivity contribution in [2.45, 2.75) is 32.1 Å². The average Bonchev–Trinajstić information content (AvgIpc) is 2.38. The molecule has 4 heteroatoms. The number of rotatable bonds is 2. The molecule has 0 saturated heterocycles. The summed E-state index contributed by atoms with van der Waals surface area (Å²) in [4.78, 5) is 11.7. The molecular formula is C13H16N2O2. The zero-order valence-electron chi connectivity index (χ0n) is 9.65. The number of hydrogen-bond donors (Lipinski definition) is 2. The van der Waals surface area contributed by atoms with Crippen LogP contribution in [0.5, 0.6) is 5.75 Å². The van der Waals surface area contributed by atoms with Crippen molar-refractivity contribution < 1.29 is 9.90 Å². The highest BCUT2D eigenvalue weighted by atomic mass is 16.3. The molecule has 1 saturated carbocycles. The normalized spacial score (nSPS) is 15.4. The first kappa shape index (κ1) is 11.6. The number of amides is 1. The van der Waals surface area contributed by atoms with Gasteiger partial charge in [-0.05, 0) is 37.8 Å². The Morgan fingerprint density at radius 1 is 1.18 bits per heavy atom. The smallest absolute Gasteiger partial charge is 0.275 e. The summed E-state index contributed by atoms with van der Waals surface area (Å²) in [6, 6.07) is 6.45. The van der Waals surface area contributed by atoms with Gasteiger partial charge in [0.25, 0.3) is 5.91 Å². The van der Waals surface area contributed by atoms with Gasteiger partial charge in [-0.25, -0.2) is 5.43 Å². The van der Waals surface area contributed by atoms with E-state index in [0.29, 0.717) is 0 Å². The molecule has 0 aromatic heterocycles. The summed E-state index contributed by atoms with van der Waals surface area (Å²) in [5.41, 5.74) is 3.80. The third-order valence-electron chi connectivity index (χ3n) is 2.89. The maximum atomic E-state index is 11.7. The van der Waals surface area contributed by atoms with E-state index in [9.17, 15) is 9.90 Å². The zero-order valence-corrected chi connectivity index (χ0v) is 9.65. The molecule has 0 aliphatic heterocycles. The summed E-state index contributed by atoms with van der Waals surface area (Å²) < 4.78 is 0. The monoisotopic (exact) mass is 232 g/mol. The van der Waals surface area contributed by atoms with Gasteiger partial charge in [0, 0.05) is 5.71 Å². The van der Waals surface area contributed by atoms with Crippen LogP contribution in [0.2, 0.25) is 0 Å². The maximum absolute atomic E-state index is 11.7. The fraction of sp³-hybridized carbons (Fsp3) is 0.385. The molecule has 1 aromatic carbocycles. The van der Waals surface area contributed by atoms with Crippen LogP contribution in [0.4, 0.5) is 0 Å². The van der Waals surface area contributed by atoms with Crippen LogP contribution in [0.15, 0.2) is 29.4 Å². The van der Waals surface area contributed by atoms with Crippen molar-refractivity contribution in [3.63, 3.8) is 0 Å². The number of nitrogens with one attached hydrogen (secondary N) is 1. The third kappa shape index (κ3) is 3.06. The van der Waals surface area contributed by atoms with Gasteiger partial charge in [-0.1, -0.05) is 18.6 Å². The van der Waals surface area contributed by atoms with Gasteiger partial charge in [0.1, 0.15) is 5.75 Å². The number of nitrogens with zero attached hydrogens (tertiary/aromatic N) is 1. The molecular weight excluding hydrogens is 216 g/mol. The SMILES string of the molecule is O=C(NN=C1CCCCC1)c1ccccc1O. The van der Waals surface area contributed by atoms with Crippen LogP contribution in [0.3, 0.4) is 0 Å². The van der Waals surface area contributed by atoms with Crippen LogP contribution in [-0.4, -0.2) is 16.7 Å². The number of phenolic OH excluding ortho intramolecular Hbond substituents is 1. The number of hydrogen-bond acceptors (Lipinski definition) is 3. The van der Waals surface area contributed by atoms with Gasteiger partial charge in [-0.2, -0.15) is 5.10 Å². The van der Waals surface area contributed by atoms with Crippen molar-refractivity contribution in [3.05, 3.63) is 29.8 Å². The van der Waals surface area contributed by atoms with Crippen LogP contribution in [-0.2, 0) is 0 Å². The lowest BCUT2D eigenvalue weighted by Crippen LogP contribution is -2.20. The molecule has 1 aliphatic rings. The highest BCUT2D eigenvalue weighted by Gasteiger charge is 2.11. The van der Waals surface area contributed by atoms with Crippen molar-refractivity contribution in [1.82, 2.24) is 5.43 Å². The van der Waals surface area contributed by atoms with Crippen molar-refractivity contribution in [2.24, 2.45) is 5.10 Å². The van der Waals surface area contributed by atoms with Gasteiger partial charge in [0.15, 0.2) is 0 Å². The predicted molar refractivity (Wildman–Crippen MR) is 66.1 cm³/mol. The van der Waals surface area contributed by atoms with Gasteiger partial charge >= 0.3 is 0 Å². The Bertz CT molecular complexity index is 433. The molecule has 0 heterocycles. The molecule has 1 aliphatic carbocycles. The van der Waals surface area contributed by atoms with Crippen LogP contribution in [0.1, 0.15) is 42.5 Å². The fourth-order valence-corrected chi connectivity index (χ4v) is 1.93. The first-order chi connectivity index (χ1) is 8.27. The number of phenols is 1. The van der Waals surface area contributed by atoms with Gasteiger partial charge in [0.2, 0.25) is 0 Å². The average molecular weight is 232 g/mol. The molecule has 1 amide bonds. The largest absolute Gasteiger partial charge is 0.507 e. The molecule has 0 unspecified atom stereocenters. The Hall–Kier alpha value is -1.84. The fourth-order valence-electron chi connectivity index (χ4n) is 1.93. The van der Waals surface area contributed by atoms with E-state index in [0.717, 1.165) is 31.4 Å². The Balaban J connectivity index is 2.00. The van der Waals surface area contributed by atoms with Crippen molar-refractivity contribution in [1.29, 1.82) is 0 Å². The molecule has 0 spiro atoms. The second-order valence-corrected chi connectivity index (χ2v) is 4.20. The van der Waals surface area contributed by atoms with Gasteiger partial charge in [0.05, 0.1) is 5.56 Å². The molecule has 0 bridgehead atoms. The molecule has 2 N–H and O–H groups in total. The van der Waals surface area contributed by atoms with E-state index < -0.39 is 0 Å². The topological polar surface area (TPSA) is 61.7 Å². The second-order valence-electron chi connectivity index (χ2n) is 4.20. The second kappa shape index (κ2) is 5.48. The molecule has 17 heavy (non-hydrogen) atoms. The lowest BCUT2D eigenvalue weighted by Gasteiger charge is -2.12. The number of hydrazone groups is 1. The minimum absolute atomic E-state index is 0.0196. The highest BCUT2D eigenvalue weighted by molar-refractivity contribution is 5.97. The van der Waals surface area contributed by atoms with E-state index >= 15 is 0 Å². The van der Waals surface area contributed by atoms with E-state index in [1.54, 1.807) is 18.2 Å². The number of carbonyl (C=O) groups excluding carboxylic acids is 1. The lowest BCUT2D eigenvalue weighted by atomic mass is 9.99. The first-order valence-electron chi connectivity index (χ1n) is 5.91. The third-order valence-corrected chi connectivity index (χ3v) is 2.89. The highest BCUT2D eigenvalue weighted by Crippen LogP contribution is 2.16. The quantitative estimate of drug-likeness (QED) is 0.769. The summed E-state index contributed by atoms with van der Waals surface area (Å²) in [6.45, 7) is 0. The summed E-state index contributed by atoms with van der Waals surface area (Å²) in [7, 11) is 0. The van der Waals surface area contributed by atoms with Crippen LogP contribution in [0.25, 0.3) is 0 Å². The molecule has 4 nitrogen and oxygen atoms in total. The number of aromatic hydroxyl groups is 1. The van der Waals surface area contributed by atoms with Crippen LogP contribution >= 0.6 is 0 Å². The van der Waals surface area contributed by atoms with Gasteiger partial charge in [-0.15, -0.1) is 0 Å². The Morgan fingerprint density at radius 2 is 1.88 bits per heavy atom.